The molecule has 0 aliphatic carbocycles. The van der Waals surface area contributed by atoms with E-state index in [2.05, 4.69) is 4.85 Å². The van der Waals surface area contributed by atoms with Crippen LogP contribution in [0.1, 0.15) is 36.4 Å². The lowest BCUT2D eigenvalue weighted by molar-refractivity contribution is -0.363. The summed E-state index contributed by atoms with van der Waals surface area (Å²) >= 11 is 0. The van der Waals surface area contributed by atoms with Gasteiger partial charge in [-0.05, 0) is 43.7 Å². The first-order valence-corrected chi connectivity index (χ1v) is 8.52. The van der Waals surface area contributed by atoms with Crippen molar-refractivity contribution in [2.24, 2.45) is 0 Å². The van der Waals surface area contributed by atoms with Crippen molar-refractivity contribution >= 4 is 23.9 Å². The molecule has 2 aromatic rings. The highest BCUT2D eigenvalue weighted by molar-refractivity contribution is 6.58. The SMILES string of the molecule is [C-]#[N+]c1ccc(C2=C3C(C)=CC(C)=[N+]3[B-](F)(F)n3c(C)cc(C)c32)cc1. The molecule has 0 amide bonds. The second-order valence-electron chi connectivity index (χ2n) is 7.00. The fraction of sp³-hybridized carbons (Fsp3) is 0.200. The number of aryl methyl sites for hydroxylation is 2. The molecule has 0 radical (unpaired) electrons. The lowest BCUT2D eigenvalue weighted by atomic mass is 9.84. The fourth-order valence-corrected chi connectivity index (χ4v) is 4.27. The highest BCUT2D eigenvalue weighted by atomic mass is 19.2. The number of rotatable bonds is 1. The summed E-state index contributed by atoms with van der Waals surface area (Å²) in [6, 6.07) is 8.97. The number of aromatic nitrogens is 1. The van der Waals surface area contributed by atoms with Crippen LogP contribution in [-0.4, -0.2) is 21.6 Å². The number of halogens is 2. The third-order valence-electron chi connectivity index (χ3n) is 5.22. The molecule has 130 valence electrons. The maximum atomic E-state index is 15.5. The van der Waals surface area contributed by atoms with E-state index in [0.717, 1.165) is 22.3 Å². The lowest BCUT2D eigenvalue weighted by Gasteiger charge is -2.34. The van der Waals surface area contributed by atoms with Gasteiger partial charge in [-0.15, -0.1) is 0 Å². The molecule has 1 aromatic carbocycles. The monoisotopic (exact) mass is 349 g/mol. The van der Waals surface area contributed by atoms with E-state index >= 15 is 8.63 Å². The molecule has 0 bridgehead atoms. The van der Waals surface area contributed by atoms with Gasteiger partial charge in [0.2, 0.25) is 0 Å². The Balaban J connectivity index is 2.14. The smallest absolute Gasteiger partial charge is 0.393 e. The van der Waals surface area contributed by atoms with Gasteiger partial charge < -0.3 is 17.6 Å². The third kappa shape index (κ3) is 2.00. The minimum absolute atomic E-state index is 0.534. The molecule has 1 aromatic heterocycles. The highest BCUT2D eigenvalue weighted by Crippen LogP contribution is 2.44. The third-order valence-corrected chi connectivity index (χ3v) is 5.22. The number of benzene rings is 1. The van der Waals surface area contributed by atoms with Crippen molar-refractivity contribution in [2.75, 3.05) is 0 Å². The molecule has 0 N–H and O–H groups in total. The average Bonchev–Trinajstić information content (AvgIpc) is 3.05. The number of allylic oxidation sites excluding steroid dienone is 2. The molecule has 0 atom stereocenters. The van der Waals surface area contributed by atoms with Gasteiger partial charge in [0.15, 0.2) is 11.4 Å². The minimum atomic E-state index is -3.95. The van der Waals surface area contributed by atoms with Crippen molar-refractivity contribution in [1.29, 1.82) is 0 Å². The number of fused-ring (bicyclic) bond motifs is 2. The van der Waals surface area contributed by atoms with E-state index in [-0.39, 0.29) is 0 Å². The maximum Gasteiger partial charge on any atom is 0.737 e. The zero-order valence-corrected chi connectivity index (χ0v) is 15.1. The van der Waals surface area contributed by atoms with Gasteiger partial charge in [-0.25, -0.2) is 4.85 Å². The Morgan fingerprint density at radius 2 is 1.73 bits per heavy atom. The van der Waals surface area contributed by atoms with Crippen LogP contribution in [-0.2, 0) is 0 Å². The predicted molar refractivity (Wildman–Crippen MR) is 101 cm³/mol. The quantitative estimate of drug-likeness (QED) is 0.503. The summed E-state index contributed by atoms with van der Waals surface area (Å²) in [6.07, 6.45) is 1.82. The van der Waals surface area contributed by atoms with E-state index in [1.807, 2.05) is 38.1 Å². The van der Waals surface area contributed by atoms with Gasteiger partial charge >= 0.3 is 6.97 Å². The van der Waals surface area contributed by atoms with Crippen LogP contribution >= 0.6 is 0 Å². The molecule has 0 spiro atoms. The molecule has 3 nitrogen and oxygen atoms in total. The number of nitrogens with zero attached hydrogens (tertiary/aromatic N) is 3. The lowest BCUT2D eigenvalue weighted by Crippen LogP contribution is -2.51. The molecule has 0 unspecified atom stereocenters. The van der Waals surface area contributed by atoms with Crippen molar-refractivity contribution in [1.82, 2.24) is 4.48 Å². The van der Waals surface area contributed by atoms with Crippen LogP contribution in [0, 0.1) is 20.4 Å². The molecule has 6 heteroatoms. The van der Waals surface area contributed by atoms with E-state index in [4.69, 9.17) is 6.57 Å². The van der Waals surface area contributed by atoms with Crippen molar-refractivity contribution in [3.05, 3.63) is 81.6 Å². The van der Waals surface area contributed by atoms with E-state index in [9.17, 15) is 0 Å². The van der Waals surface area contributed by atoms with Crippen molar-refractivity contribution in [3.8, 4) is 0 Å². The summed E-state index contributed by atoms with van der Waals surface area (Å²) in [6.45, 7) is 10.4. The first-order valence-electron chi connectivity index (χ1n) is 8.52. The van der Waals surface area contributed by atoms with Crippen LogP contribution in [0.4, 0.5) is 14.3 Å². The molecular weight excluding hydrogens is 331 g/mol. The van der Waals surface area contributed by atoms with Gasteiger partial charge in [0.05, 0.1) is 12.1 Å². The van der Waals surface area contributed by atoms with Crippen LogP contribution < -0.4 is 0 Å². The van der Waals surface area contributed by atoms with Crippen LogP contribution in [0.5, 0.6) is 0 Å². The second-order valence-corrected chi connectivity index (χ2v) is 7.00. The minimum Gasteiger partial charge on any atom is -0.393 e. The van der Waals surface area contributed by atoms with Crippen LogP contribution in [0.2, 0.25) is 0 Å². The zero-order valence-electron chi connectivity index (χ0n) is 15.1. The summed E-state index contributed by atoms with van der Waals surface area (Å²) in [5.41, 5.74) is 6.07. The van der Waals surface area contributed by atoms with E-state index in [1.165, 1.54) is 8.96 Å². The first-order chi connectivity index (χ1) is 12.3. The average molecular weight is 349 g/mol. The summed E-state index contributed by atoms with van der Waals surface area (Å²) in [4.78, 5) is 3.43. The van der Waals surface area contributed by atoms with Crippen molar-refractivity contribution in [2.45, 2.75) is 27.7 Å². The molecule has 2 aliphatic rings. The van der Waals surface area contributed by atoms with E-state index in [1.54, 1.807) is 26.0 Å². The Hall–Kier alpha value is -2.94. The van der Waals surface area contributed by atoms with Crippen molar-refractivity contribution < 1.29 is 13.1 Å². The molecule has 0 saturated heterocycles. The molecular formula is C20H18BF2N3. The van der Waals surface area contributed by atoms with E-state index in [0.29, 0.717) is 28.5 Å². The van der Waals surface area contributed by atoms with Gasteiger partial charge in [-0.3, -0.25) is 0 Å². The zero-order chi connectivity index (χ0) is 18.8. The second kappa shape index (κ2) is 5.28. The van der Waals surface area contributed by atoms with E-state index < -0.39 is 6.97 Å². The van der Waals surface area contributed by atoms with Crippen molar-refractivity contribution in [3.63, 3.8) is 0 Å². The fourth-order valence-electron chi connectivity index (χ4n) is 4.27. The van der Waals surface area contributed by atoms with Gasteiger partial charge in [0.1, 0.15) is 5.71 Å². The molecule has 0 fully saturated rings. The molecule has 0 saturated carbocycles. The summed E-state index contributed by atoms with van der Waals surface area (Å²) in [5.74, 6) is 0. The van der Waals surface area contributed by atoms with Crippen LogP contribution in [0.25, 0.3) is 10.4 Å². The summed E-state index contributed by atoms with van der Waals surface area (Å²) < 4.78 is 33.3. The maximum absolute atomic E-state index is 15.5. The van der Waals surface area contributed by atoms with Gasteiger partial charge in [-0.2, -0.15) is 0 Å². The summed E-state index contributed by atoms with van der Waals surface area (Å²) in [7, 11) is 0. The standard InChI is InChI=1S/C20H18BF2N3/c1-12-10-14(3)25-19(12)18(16-6-8-17(24-5)9-7-16)20-13(2)11-15(4)26(20)21(25,22)23/h6-11H,1-4H3. The molecule has 3 heterocycles. The Kier molecular flexibility index (Phi) is 3.36. The number of hydrogen-bond acceptors (Lipinski definition) is 0. The molecule has 2 aliphatic heterocycles. The van der Waals surface area contributed by atoms with Crippen LogP contribution in [0.3, 0.4) is 0 Å². The Labute approximate surface area is 151 Å². The molecule has 4 rings (SSSR count). The van der Waals surface area contributed by atoms with Crippen LogP contribution in [0.15, 0.2) is 47.7 Å². The predicted octanol–water partition coefficient (Wildman–Crippen LogP) is 5.08. The normalized spacial score (nSPS) is 17.8. The summed E-state index contributed by atoms with van der Waals surface area (Å²) in [5, 5.41) is 0. The van der Waals surface area contributed by atoms with Gasteiger partial charge in [0.25, 0.3) is 0 Å². The Bertz CT molecular complexity index is 1090. The van der Waals surface area contributed by atoms with Gasteiger partial charge in [-0.1, -0.05) is 24.3 Å². The Morgan fingerprint density at radius 1 is 1.08 bits per heavy atom. The highest BCUT2D eigenvalue weighted by Gasteiger charge is 2.55. The largest absolute Gasteiger partial charge is 0.737 e. The number of hydrogen-bond donors (Lipinski definition) is 0. The molecule has 26 heavy (non-hydrogen) atoms. The topological polar surface area (TPSA) is 12.3 Å². The van der Waals surface area contributed by atoms with Gasteiger partial charge in [0, 0.05) is 24.3 Å². The Morgan fingerprint density at radius 3 is 2.35 bits per heavy atom. The first kappa shape index (κ1) is 16.5.